The molecule has 1 aliphatic carbocycles. The van der Waals surface area contributed by atoms with Crippen LogP contribution in [0, 0.1) is 0 Å². The molecule has 0 bridgehead atoms. The van der Waals surface area contributed by atoms with Crippen molar-refractivity contribution in [3.8, 4) is 0 Å². The first-order valence-electron chi connectivity index (χ1n) is 6.37. The van der Waals surface area contributed by atoms with Gasteiger partial charge in [-0.15, -0.1) is 0 Å². The summed E-state index contributed by atoms with van der Waals surface area (Å²) in [7, 11) is 0. The fraction of sp³-hybridized carbons (Fsp3) is 0.375. The summed E-state index contributed by atoms with van der Waals surface area (Å²) in [6.45, 7) is 2.25. The molecule has 1 aromatic carbocycles. The lowest BCUT2D eigenvalue weighted by Crippen LogP contribution is -1.94. The molecule has 0 aromatic heterocycles. The van der Waals surface area contributed by atoms with Crippen molar-refractivity contribution < 1.29 is 0 Å². The number of unbranched alkanes of at least 4 members (excludes halogenated alkanes) is 1. The number of hydrogen-bond donors (Lipinski definition) is 0. The molecule has 0 amide bonds. The minimum absolute atomic E-state index is 1.19. The molecule has 1 aromatic rings. The Kier molecular flexibility index (Phi) is 3.98. The monoisotopic (exact) mass is 212 g/mol. The number of hydrogen-bond acceptors (Lipinski definition) is 0. The maximum atomic E-state index is 2.37. The molecule has 16 heavy (non-hydrogen) atoms. The van der Waals surface area contributed by atoms with Gasteiger partial charge in [0, 0.05) is 0 Å². The second kappa shape index (κ2) is 5.69. The normalized spacial score (nSPS) is 14.9. The fourth-order valence-corrected chi connectivity index (χ4v) is 2.20. The largest absolute Gasteiger partial charge is 0.0836 e. The van der Waals surface area contributed by atoms with Crippen molar-refractivity contribution in [3.05, 3.63) is 53.6 Å². The molecular weight excluding hydrogens is 192 g/mol. The number of rotatable bonds is 4. The van der Waals surface area contributed by atoms with Crippen molar-refractivity contribution in [1.82, 2.24) is 0 Å². The van der Waals surface area contributed by atoms with Crippen LogP contribution in [0.1, 0.15) is 43.7 Å². The van der Waals surface area contributed by atoms with Gasteiger partial charge in [-0.25, -0.2) is 0 Å². The van der Waals surface area contributed by atoms with E-state index in [0.717, 1.165) is 0 Å². The molecule has 0 radical (unpaired) electrons. The SMILES string of the molecule is CCCCc1ccccc1C1=CCCC=C1. The van der Waals surface area contributed by atoms with E-state index >= 15 is 0 Å². The molecule has 0 fully saturated rings. The first kappa shape index (κ1) is 11.2. The predicted octanol–water partition coefficient (Wildman–Crippen LogP) is 4.76. The maximum Gasteiger partial charge on any atom is -0.0155 e. The van der Waals surface area contributed by atoms with Crippen LogP contribution < -0.4 is 0 Å². The minimum Gasteiger partial charge on any atom is -0.0836 e. The summed E-state index contributed by atoms with van der Waals surface area (Å²) in [6.07, 6.45) is 13.1. The van der Waals surface area contributed by atoms with Crippen LogP contribution in [-0.2, 0) is 6.42 Å². The minimum atomic E-state index is 1.19. The van der Waals surface area contributed by atoms with E-state index in [1.54, 1.807) is 0 Å². The zero-order valence-corrected chi connectivity index (χ0v) is 10.1. The predicted molar refractivity (Wildman–Crippen MR) is 71.4 cm³/mol. The molecule has 1 aliphatic rings. The van der Waals surface area contributed by atoms with E-state index in [2.05, 4.69) is 49.4 Å². The molecule has 84 valence electrons. The van der Waals surface area contributed by atoms with Crippen LogP contribution in [0.25, 0.3) is 5.57 Å². The summed E-state index contributed by atoms with van der Waals surface area (Å²) in [5.74, 6) is 0. The second-order valence-electron chi connectivity index (χ2n) is 4.40. The molecule has 0 heteroatoms. The van der Waals surface area contributed by atoms with Crippen LogP contribution in [0.15, 0.2) is 42.5 Å². The van der Waals surface area contributed by atoms with E-state index in [1.807, 2.05) is 0 Å². The van der Waals surface area contributed by atoms with Crippen molar-refractivity contribution in [3.63, 3.8) is 0 Å². The zero-order valence-electron chi connectivity index (χ0n) is 10.1. The first-order valence-corrected chi connectivity index (χ1v) is 6.37. The van der Waals surface area contributed by atoms with Gasteiger partial charge in [0.2, 0.25) is 0 Å². The number of benzene rings is 1. The molecule has 2 rings (SSSR count). The summed E-state index contributed by atoms with van der Waals surface area (Å²) in [5.41, 5.74) is 4.35. The van der Waals surface area contributed by atoms with E-state index in [9.17, 15) is 0 Å². The quantitative estimate of drug-likeness (QED) is 0.675. The third-order valence-corrected chi connectivity index (χ3v) is 3.12. The van der Waals surface area contributed by atoms with Gasteiger partial charge in [0.1, 0.15) is 0 Å². The molecule has 0 N–H and O–H groups in total. The highest BCUT2D eigenvalue weighted by molar-refractivity contribution is 5.76. The first-order chi connectivity index (χ1) is 7.92. The lowest BCUT2D eigenvalue weighted by molar-refractivity contribution is 0.793. The maximum absolute atomic E-state index is 2.37. The van der Waals surface area contributed by atoms with Gasteiger partial charge in [-0.1, -0.05) is 55.8 Å². The van der Waals surface area contributed by atoms with Crippen LogP contribution in [0.4, 0.5) is 0 Å². The Morgan fingerprint density at radius 2 is 2.00 bits per heavy atom. The van der Waals surface area contributed by atoms with Gasteiger partial charge in [0.25, 0.3) is 0 Å². The highest BCUT2D eigenvalue weighted by Crippen LogP contribution is 2.25. The Hall–Kier alpha value is -1.30. The smallest absolute Gasteiger partial charge is 0.0155 e. The average Bonchev–Trinajstić information content (AvgIpc) is 2.38. The van der Waals surface area contributed by atoms with Crippen LogP contribution in [0.2, 0.25) is 0 Å². The fourth-order valence-electron chi connectivity index (χ4n) is 2.20. The summed E-state index contributed by atoms with van der Waals surface area (Å²) in [6, 6.07) is 8.83. The molecule has 0 heterocycles. The highest BCUT2D eigenvalue weighted by atomic mass is 14.1. The van der Waals surface area contributed by atoms with Crippen LogP contribution >= 0.6 is 0 Å². The van der Waals surface area contributed by atoms with Crippen LogP contribution in [0.5, 0.6) is 0 Å². The van der Waals surface area contributed by atoms with Gasteiger partial charge >= 0.3 is 0 Å². The van der Waals surface area contributed by atoms with E-state index < -0.39 is 0 Å². The Morgan fingerprint density at radius 3 is 2.75 bits per heavy atom. The Labute approximate surface area is 98.7 Å². The van der Waals surface area contributed by atoms with E-state index in [4.69, 9.17) is 0 Å². The molecule has 0 saturated heterocycles. The zero-order chi connectivity index (χ0) is 11.2. The Morgan fingerprint density at radius 1 is 1.12 bits per heavy atom. The molecule has 0 saturated carbocycles. The third kappa shape index (κ3) is 2.63. The van der Waals surface area contributed by atoms with Crippen molar-refractivity contribution in [2.75, 3.05) is 0 Å². The molecule has 0 aliphatic heterocycles. The summed E-state index contributed by atoms with van der Waals surface area (Å²) >= 11 is 0. The summed E-state index contributed by atoms with van der Waals surface area (Å²) in [5, 5.41) is 0. The van der Waals surface area contributed by atoms with Crippen LogP contribution in [-0.4, -0.2) is 0 Å². The van der Waals surface area contributed by atoms with E-state index in [-0.39, 0.29) is 0 Å². The molecule has 0 unspecified atom stereocenters. The number of allylic oxidation sites excluding steroid dienone is 4. The highest BCUT2D eigenvalue weighted by Gasteiger charge is 2.05. The van der Waals surface area contributed by atoms with E-state index in [0.29, 0.717) is 0 Å². The standard InChI is InChI=1S/C16H20/c1-2-3-9-14-12-7-8-13-16(14)15-10-5-4-6-11-15/h5,7-8,10-13H,2-4,6,9H2,1H3. The lowest BCUT2D eigenvalue weighted by atomic mass is 9.93. The van der Waals surface area contributed by atoms with Crippen LogP contribution in [0.3, 0.4) is 0 Å². The van der Waals surface area contributed by atoms with Crippen molar-refractivity contribution in [2.24, 2.45) is 0 Å². The van der Waals surface area contributed by atoms with Crippen molar-refractivity contribution >= 4 is 5.57 Å². The number of aryl methyl sites for hydroxylation is 1. The molecule has 0 atom stereocenters. The van der Waals surface area contributed by atoms with Gasteiger partial charge in [-0.2, -0.15) is 0 Å². The molecule has 0 spiro atoms. The second-order valence-corrected chi connectivity index (χ2v) is 4.40. The summed E-state index contributed by atoms with van der Waals surface area (Å²) < 4.78 is 0. The Bertz CT molecular complexity index is 396. The van der Waals surface area contributed by atoms with E-state index in [1.165, 1.54) is 48.8 Å². The van der Waals surface area contributed by atoms with Gasteiger partial charge < -0.3 is 0 Å². The summed E-state index contributed by atoms with van der Waals surface area (Å²) in [4.78, 5) is 0. The molecular formula is C16H20. The third-order valence-electron chi connectivity index (χ3n) is 3.12. The lowest BCUT2D eigenvalue weighted by Gasteiger charge is -2.12. The average molecular weight is 212 g/mol. The van der Waals surface area contributed by atoms with Gasteiger partial charge in [-0.05, 0) is 42.4 Å². The van der Waals surface area contributed by atoms with Gasteiger partial charge in [0.05, 0.1) is 0 Å². The van der Waals surface area contributed by atoms with Gasteiger partial charge in [-0.3, -0.25) is 0 Å². The molecule has 0 nitrogen and oxygen atoms in total. The Balaban J connectivity index is 2.25. The van der Waals surface area contributed by atoms with Crippen molar-refractivity contribution in [1.29, 1.82) is 0 Å². The van der Waals surface area contributed by atoms with Gasteiger partial charge in [0.15, 0.2) is 0 Å². The topological polar surface area (TPSA) is 0 Å². The van der Waals surface area contributed by atoms with Crippen molar-refractivity contribution in [2.45, 2.75) is 39.0 Å².